The van der Waals surface area contributed by atoms with Crippen LogP contribution in [-0.2, 0) is 4.74 Å². The Morgan fingerprint density at radius 3 is 2.67 bits per heavy atom. The summed E-state index contributed by atoms with van der Waals surface area (Å²) in [5.41, 5.74) is 1.27. The number of halogens is 3. The van der Waals surface area contributed by atoms with Gasteiger partial charge in [0.2, 0.25) is 0 Å². The van der Waals surface area contributed by atoms with Crippen LogP contribution in [0.2, 0.25) is 0 Å². The molecule has 0 amide bonds. The second kappa shape index (κ2) is 6.69. The third-order valence-corrected chi connectivity index (χ3v) is 1.33. The van der Waals surface area contributed by atoms with Crippen molar-refractivity contribution >= 4 is 34.8 Å². The summed E-state index contributed by atoms with van der Waals surface area (Å²) < 4.78 is 4.92. The summed E-state index contributed by atoms with van der Waals surface area (Å²) in [6, 6.07) is 0. The molecule has 0 saturated carbocycles. The molecular formula is C5H7Cl3O. The van der Waals surface area contributed by atoms with Crippen LogP contribution >= 0.6 is 34.8 Å². The predicted molar refractivity (Wildman–Crippen MR) is 41.3 cm³/mol. The highest BCUT2D eigenvalue weighted by Gasteiger charge is 1.89. The van der Waals surface area contributed by atoms with E-state index in [0.717, 1.165) is 0 Å². The van der Waals surface area contributed by atoms with Gasteiger partial charge in [-0.3, -0.25) is 0 Å². The third-order valence-electron chi connectivity index (χ3n) is 0.580. The standard InChI is InChI=1S/C5H7Cl3O/c6-1-2-9-4-5(8)3-7/h3H,1-2,4H2/b5-3-. The molecule has 0 radical (unpaired) electrons. The fraction of sp³-hybridized carbons (Fsp3) is 0.600. The second-order valence-electron chi connectivity index (χ2n) is 1.30. The lowest BCUT2D eigenvalue weighted by atomic mass is 10.7. The summed E-state index contributed by atoms with van der Waals surface area (Å²) in [6.45, 7) is 0.848. The molecule has 0 bridgehead atoms. The highest BCUT2D eigenvalue weighted by Crippen LogP contribution is 2.02. The van der Waals surface area contributed by atoms with Crippen LogP contribution < -0.4 is 0 Å². The van der Waals surface area contributed by atoms with Gasteiger partial charge in [0.05, 0.1) is 18.2 Å². The smallest absolute Gasteiger partial charge is 0.0832 e. The van der Waals surface area contributed by atoms with Gasteiger partial charge in [0, 0.05) is 11.4 Å². The number of hydrogen-bond donors (Lipinski definition) is 0. The molecule has 0 saturated heterocycles. The van der Waals surface area contributed by atoms with Crippen molar-refractivity contribution in [3.8, 4) is 0 Å². The molecule has 54 valence electrons. The van der Waals surface area contributed by atoms with Gasteiger partial charge in [-0.15, -0.1) is 11.6 Å². The highest BCUT2D eigenvalue weighted by molar-refractivity contribution is 6.36. The van der Waals surface area contributed by atoms with Crippen LogP contribution in [0.5, 0.6) is 0 Å². The van der Waals surface area contributed by atoms with Crippen LogP contribution in [0.15, 0.2) is 10.6 Å². The molecule has 4 heteroatoms. The van der Waals surface area contributed by atoms with Crippen molar-refractivity contribution in [3.63, 3.8) is 0 Å². The van der Waals surface area contributed by atoms with E-state index >= 15 is 0 Å². The van der Waals surface area contributed by atoms with E-state index in [1.54, 1.807) is 0 Å². The van der Waals surface area contributed by atoms with E-state index in [1.165, 1.54) is 5.54 Å². The highest BCUT2D eigenvalue weighted by atomic mass is 35.5. The van der Waals surface area contributed by atoms with E-state index in [9.17, 15) is 0 Å². The monoisotopic (exact) mass is 188 g/mol. The first-order valence-corrected chi connectivity index (χ1v) is 3.74. The number of rotatable bonds is 4. The molecule has 0 unspecified atom stereocenters. The number of ether oxygens (including phenoxy) is 1. The first kappa shape index (κ1) is 9.57. The molecular weight excluding hydrogens is 182 g/mol. The summed E-state index contributed by atoms with van der Waals surface area (Å²) in [4.78, 5) is 0. The lowest BCUT2D eigenvalue weighted by Gasteiger charge is -1.97. The van der Waals surface area contributed by atoms with Crippen LogP contribution in [0, 0.1) is 0 Å². The van der Waals surface area contributed by atoms with E-state index in [2.05, 4.69) is 0 Å². The average Bonchev–Trinajstić information content (AvgIpc) is 1.89. The van der Waals surface area contributed by atoms with Gasteiger partial charge in [-0.1, -0.05) is 23.2 Å². The van der Waals surface area contributed by atoms with Crippen molar-refractivity contribution in [3.05, 3.63) is 10.6 Å². The maximum absolute atomic E-state index is 5.46. The normalized spacial score (nSPS) is 12.1. The fourth-order valence-corrected chi connectivity index (χ4v) is 0.505. The lowest BCUT2D eigenvalue weighted by molar-refractivity contribution is 0.177. The van der Waals surface area contributed by atoms with E-state index in [4.69, 9.17) is 39.5 Å². The van der Waals surface area contributed by atoms with Gasteiger partial charge >= 0.3 is 0 Å². The first-order valence-electron chi connectivity index (χ1n) is 2.39. The molecule has 1 nitrogen and oxygen atoms in total. The Morgan fingerprint density at radius 1 is 1.56 bits per heavy atom. The van der Waals surface area contributed by atoms with Crippen LogP contribution in [0.3, 0.4) is 0 Å². The zero-order chi connectivity index (χ0) is 7.11. The average molecular weight is 189 g/mol. The van der Waals surface area contributed by atoms with Crippen LogP contribution in [0.1, 0.15) is 0 Å². The van der Waals surface area contributed by atoms with Crippen molar-refractivity contribution in [2.45, 2.75) is 0 Å². The molecule has 0 aliphatic carbocycles. The van der Waals surface area contributed by atoms with Gasteiger partial charge < -0.3 is 4.74 Å². The maximum atomic E-state index is 5.46. The van der Waals surface area contributed by atoms with Crippen molar-refractivity contribution in [1.82, 2.24) is 0 Å². The van der Waals surface area contributed by atoms with Gasteiger partial charge in [0.25, 0.3) is 0 Å². The minimum atomic E-state index is 0.345. The zero-order valence-electron chi connectivity index (χ0n) is 4.74. The SMILES string of the molecule is Cl/C=C(\Cl)COCCCl. The minimum absolute atomic E-state index is 0.345. The molecule has 0 atom stereocenters. The van der Waals surface area contributed by atoms with Gasteiger partial charge in [-0.2, -0.15) is 0 Å². The molecule has 0 aromatic rings. The lowest BCUT2D eigenvalue weighted by Crippen LogP contribution is -1.96. The van der Waals surface area contributed by atoms with Gasteiger partial charge in [0.1, 0.15) is 0 Å². The van der Waals surface area contributed by atoms with Crippen LogP contribution in [0.4, 0.5) is 0 Å². The first-order chi connectivity index (χ1) is 4.31. The van der Waals surface area contributed by atoms with Crippen molar-refractivity contribution in [1.29, 1.82) is 0 Å². The number of alkyl halides is 1. The molecule has 0 spiro atoms. The summed E-state index contributed by atoms with van der Waals surface area (Å²) in [7, 11) is 0. The molecule has 0 aliphatic rings. The molecule has 0 aliphatic heterocycles. The molecule has 0 N–H and O–H groups in total. The molecule has 0 fully saturated rings. The molecule has 9 heavy (non-hydrogen) atoms. The van der Waals surface area contributed by atoms with Gasteiger partial charge in [0.15, 0.2) is 0 Å². The minimum Gasteiger partial charge on any atom is -0.375 e. The van der Waals surface area contributed by atoms with Gasteiger partial charge in [-0.05, 0) is 0 Å². The van der Waals surface area contributed by atoms with Crippen molar-refractivity contribution in [2.75, 3.05) is 19.1 Å². The van der Waals surface area contributed by atoms with E-state index in [-0.39, 0.29) is 0 Å². The summed E-state index contributed by atoms with van der Waals surface area (Å²) in [5.74, 6) is 0.479. The van der Waals surface area contributed by atoms with Crippen molar-refractivity contribution < 1.29 is 4.74 Å². The fourth-order valence-electron chi connectivity index (χ4n) is 0.256. The Hall–Kier alpha value is 0.570. The Bertz CT molecular complexity index is 92.2. The Labute approximate surface area is 69.5 Å². The predicted octanol–water partition coefficient (Wildman–Crippen LogP) is 2.56. The summed E-state index contributed by atoms with van der Waals surface area (Å²) in [5, 5.41) is 0.488. The quantitative estimate of drug-likeness (QED) is 0.488. The summed E-state index contributed by atoms with van der Waals surface area (Å²) in [6.07, 6.45) is 0. The molecule has 0 rings (SSSR count). The van der Waals surface area contributed by atoms with Crippen molar-refractivity contribution in [2.24, 2.45) is 0 Å². The maximum Gasteiger partial charge on any atom is 0.0832 e. The second-order valence-corrected chi connectivity index (χ2v) is 2.38. The van der Waals surface area contributed by atoms with E-state index in [0.29, 0.717) is 24.1 Å². The van der Waals surface area contributed by atoms with Gasteiger partial charge in [-0.25, -0.2) is 0 Å². The Kier molecular flexibility index (Phi) is 7.11. The van der Waals surface area contributed by atoms with E-state index in [1.807, 2.05) is 0 Å². The Morgan fingerprint density at radius 2 is 2.22 bits per heavy atom. The van der Waals surface area contributed by atoms with E-state index < -0.39 is 0 Å². The molecule has 0 aromatic carbocycles. The Balaban J connectivity index is 3.07. The van der Waals surface area contributed by atoms with Crippen LogP contribution in [0.25, 0.3) is 0 Å². The number of hydrogen-bond acceptors (Lipinski definition) is 1. The topological polar surface area (TPSA) is 9.23 Å². The van der Waals surface area contributed by atoms with Crippen LogP contribution in [-0.4, -0.2) is 19.1 Å². The third kappa shape index (κ3) is 6.46. The largest absolute Gasteiger partial charge is 0.375 e. The molecule has 0 aromatic heterocycles. The molecule has 0 heterocycles. The zero-order valence-corrected chi connectivity index (χ0v) is 7.01. The summed E-state index contributed by atoms with van der Waals surface area (Å²) >= 11 is 16.0.